The van der Waals surface area contributed by atoms with E-state index in [1.807, 2.05) is 0 Å². The fraction of sp³-hybridized carbons (Fsp3) is 0.538. The Bertz CT molecular complexity index is 553. The minimum Gasteiger partial charge on any atom is -0.330 e. The van der Waals surface area contributed by atoms with Gasteiger partial charge in [0.25, 0.3) is 0 Å². The minimum absolute atomic E-state index is 0. The predicted octanol–water partition coefficient (Wildman–Crippen LogP) is 2.92. The van der Waals surface area contributed by atoms with E-state index in [0.29, 0.717) is 41.2 Å². The van der Waals surface area contributed by atoms with Crippen LogP contribution in [0.3, 0.4) is 0 Å². The van der Waals surface area contributed by atoms with Crippen molar-refractivity contribution in [3.05, 3.63) is 33.8 Å². The highest BCUT2D eigenvalue weighted by molar-refractivity contribution is 7.88. The van der Waals surface area contributed by atoms with Gasteiger partial charge in [-0.25, -0.2) is 12.7 Å². The summed E-state index contributed by atoms with van der Waals surface area (Å²) in [7, 11) is -3.33. The highest BCUT2D eigenvalue weighted by Crippen LogP contribution is 2.24. The van der Waals surface area contributed by atoms with Crippen molar-refractivity contribution >= 4 is 45.6 Å². The van der Waals surface area contributed by atoms with Gasteiger partial charge in [0.1, 0.15) is 0 Å². The van der Waals surface area contributed by atoms with E-state index in [-0.39, 0.29) is 18.2 Å². The van der Waals surface area contributed by atoms with E-state index in [9.17, 15) is 8.42 Å². The van der Waals surface area contributed by atoms with Crippen LogP contribution in [-0.2, 0) is 15.8 Å². The number of benzene rings is 1. The maximum absolute atomic E-state index is 12.4. The van der Waals surface area contributed by atoms with Crippen LogP contribution in [0.2, 0.25) is 10.0 Å². The molecule has 0 saturated carbocycles. The van der Waals surface area contributed by atoms with E-state index in [0.717, 1.165) is 12.8 Å². The Balaban J connectivity index is 0.00000220. The zero-order valence-corrected chi connectivity index (χ0v) is 14.6. The standard InChI is InChI=1S/C13H18Cl2N2O2S.ClH/c14-12-5-11(6-13(15)7-12)9-20(18,19)17-3-1-10(8-16)2-4-17;/h5-7,10H,1-4,8-9,16H2;1H. The first-order valence-corrected chi connectivity index (χ1v) is 8.90. The highest BCUT2D eigenvalue weighted by atomic mass is 35.5. The molecule has 21 heavy (non-hydrogen) atoms. The molecular formula is C13H19Cl3N2O2S. The summed E-state index contributed by atoms with van der Waals surface area (Å²) in [6.07, 6.45) is 1.65. The van der Waals surface area contributed by atoms with Gasteiger partial charge < -0.3 is 5.73 Å². The van der Waals surface area contributed by atoms with Crippen LogP contribution in [0.25, 0.3) is 0 Å². The van der Waals surface area contributed by atoms with E-state index in [2.05, 4.69) is 0 Å². The third-order valence-electron chi connectivity index (χ3n) is 3.57. The predicted molar refractivity (Wildman–Crippen MR) is 89.7 cm³/mol. The van der Waals surface area contributed by atoms with Gasteiger partial charge in [0, 0.05) is 23.1 Å². The first kappa shape index (κ1) is 19.0. The molecule has 2 N–H and O–H groups in total. The van der Waals surface area contributed by atoms with Crippen LogP contribution in [0.1, 0.15) is 18.4 Å². The number of hydrogen-bond acceptors (Lipinski definition) is 3. The second-order valence-corrected chi connectivity index (χ2v) is 7.95. The monoisotopic (exact) mass is 372 g/mol. The fourth-order valence-electron chi connectivity index (χ4n) is 2.42. The van der Waals surface area contributed by atoms with Gasteiger partial charge in [-0.1, -0.05) is 23.2 Å². The molecule has 1 aliphatic heterocycles. The van der Waals surface area contributed by atoms with E-state index >= 15 is 0 Å². The molecule has 8 heteroatoms. The first-order valence-electron chi connectivity index (χ1n) is 6.53. The molecule has 1 aromatic rings. The normalized spacial score (nSPS) is 17.5. The Morgan fingerprint density at radius 3 is 2.14 bits per heavy atom. The van der Waals surface area contributed by atoms with Crippen molar-refractivity contribution in [1.82, 2.24) is 4.31 Å². The van der Waals surface area contributed by atoms with Crippen LogP contribution in [0.5, 0.6) is 0 Å². The summed E-state index contributed by atoms with van der Waals surface area (Å²) in [5.74, 6) is 0.364. The second-order valence-electron chi connectivity index (χ2n) is 5.11. The lowest BCUT2D eigenvalue weighted by Crippen LogP contribution is -2.40. The van der Waals surface area contributed by atoms with Crippen molar-refractivity contribution in [1.29, 1.82) is 0 Å². The van der Waals surface area contributed by atoms with Crippen LogP contribution in [0.4, 0.5) is 0 Å². The van der Waals surface area contributed by atoms with E-state index in [4.69, 9.17) is 28.9 Å². The Morgan fingerprint density at radius 2 is 1.67 bits per heavy atom. The Kier molecular flexibility index (Phi) is 7.24. The lowest BCUT2D eigenvalue weighted by molar-refractivity contribution is 0.278. The largest absolute Gasteiger partial charge is 0.330 e. The van der Waals surface area contributed by atoms with Crippen molar-refractivity contribution in [2.75, 3.05) is 19.6 Å². The molecule has 0 aromatic heterocycles. The van der Waals surface area contributed by atoms with E-state index < -0.39 is 10.0 Å². The molecule has 1 fully saturated rings. The number of hydrogen-bond donors (Lipinski definition) is 1. The SMILES string of the molecule is Cl.NCC1CCN(S(=O)(=O)Cc2cc(Cl)cc(Cl)c2)CC1. The number of sulfonamides is 1. The smallest absolute Gasteiger partial charge is 0.218 e. The topological polar surface area (TPSA) is 63.4 Å². The summed E-state index contributed by atoms with van der Waals surface area (Å²) in [4.78, 5) is 0. The van der Waals surface area contributed by atoms with Crippen molar-refractivity contribution < 1.29 is 8.42 Å². The Labute approximate surface area is 142 Å². The molecule has 4 nitrogen and oxygen atoms in total. The summed E-state index contributed by atoms with van der Waals surface area (Å²) >= 11 is 11.8. The van der Waals surface area contributed by atoms with Gasteiger partial charge in [0.05, 0.1) is 5.75 Å². The summed E-state index contributed by atoms with van der Waals surface area (Å²) in [5.41, 5.74) is 6.23. The average molecular weight is 374 g/mol. The number of rotatable bonds is 4. The van der Waals surface area contributed by atoms with Gasteiger partial charge in [-0.2, -0.15) is 0 Å². The molecule has 0 unspecified atom stereocenters. The van der Waals surface area contributed by atoms with E-state index in [1.54, 1.807) is 18.2 Å². The molecule has 0 atom stereocenters. The quantitative estimate of drug-likeness (QED) is 0.882. The van der Waals surface area contributed by atoms with Gasteiger partial charge in [-0.3, -0.25) is 0 Å². The number of piperidine rings is 1. The van der Waals surface area contributed by atoms with Crippen LogP contribution >= 0.6 is 35.6 Å². The molecule has 2 rings (SSSR count). The highest BCUT2D eigenvalue weighted by Gasteiger charge is 2.27. The molecule has 120 valence electrons. The summed E-state index contributed by atoms with van der Waals surface area (Å²) < 4.78 is 26.3. The van der Waals surface area contributed by atoms with Gasteiger partial charge in [-0.05, 0) is 49.1 Å². The van der Waals surface area contributed by atoms with Crippen molar-refractivity contribution in [3.63, 3.8) is 0 Å². The van der Waals surface area contributed by atoms with Crippen LogP contribution in [0.15, 0.2) is 18.2 Å². The maximum atomic E-state index is 12.4. The molecule has 0 spiro atoms. The van der Waals surface area contributed by atoms with Crippen molar-refractivity contribution in [3.8, 4) is 0 Å². The molecule has 0 bridgehead atoms. The van der Waals surface area contributed by atoms with Crippen molar-refractivity contribution in [2.24, 2.45) is 11.7 Å². The second kappa shape index (κ2) is 7.99. The number of nitrogens with two attached hydrogens (primary N) is 1. The molecular weight excluding hydrogens is 355 g/mol. The number of halogens is 3. The zero-order valence-electron chi connectivity index (χ0n) is 11.5. The van der Waals surface area contributed by atoms with Crippen LogP contribution < -0.4 is 5.73 Å². The lowest BCUT2D eigenvalue weighted by atomic mass is 9.99. The Hall–Kier alpha value is -0.0400. The van der Waals surface area contributed by atoms with Gasteiger partial charge in [0.2, 0.25) is 10.0 Å². The molecule has 1 aromatic carbocycles. The average Bonchev–Trinajstić information content (AvgIpc) is 2.37. The molecule has 1 heterocycles. The van der Waals surface area contributed by atoms with Gasteiger partial charge in [0.15, 0.2) is 0 Å². The molecule has 1 aliphatic rings. The Morgan fingerprint density at radius 1 is 1.14 bits per heavy atom. The van der Waals surface area contributed by atoms with Crippen LogP contribution in [-0.4, -0.2) is 32.4 Å². The van der Waals surface area contributed by atoms with Crippen molar-refractivity contribution in [2.45, 2.75) is 18.6 Å². The van der Waals surface area contributed by atoms with E-state index in [1.165, 1.54) is 4.31 Å². The van der Waals surface area contributed by atoms with Gasteiger partial charge in [-0.15, -0.1) is 12.4 Å². The lowest BCUT2D eigenvalue weighted by Gasteiger charge is -2.30. The third-order valence-corrected chi connectivity index (χ3v) is 5.86. The fourth-order valence-corrected chi connectivity index (χ4v) is 4.53. The van der Waals surface area contributed by atoms with Crippen LogP contribution in [0, 0.1) is 5.92 Å². The number of nitrogens with zero attached hydrogens (tertiary/aromatic N) is 1. The third kappa shape index (κ3) is 5.27. The van der Waals surface area contributed by atoms with Gasteiger partial charge >= 0.3 is 0 Å². The summed E-state index contributed by atoms with van der Waals surface area (Å²) in [6, 6.07) is 4.86. The zero-order chi connectivity index (χ0) is 14.8. The maximum Gasteiger partial charge on any atom is 0.218 e. The molecule has 0 radical (unpaired) electrons. The summed E-state index contributed by atoms with van der Waals surface area (Å²) in [6.45, 7) is 1.70. The first-order chi connectivity index (χ1) is 9.40. The minimum atomic E-state index is -3.33. The molecule has 0 amide bonds. The molecule has 0 aliphatic carbocycles. The molecule has 1 saturated heterocycles. The summed E-state index contributed by atoms with van der Waals surface area (Å²) in [5, 5.41) is 0.897.